The lowest BCUT2D eigenvalue weighted by Crippen LogP contribution is -2.34. The normalized spacial score (nSPS) is 16.4. The Labute approximate surface area is 99.6 Å². The largest absolute Gasteiger partial charge is 0.307 e. The van der Waals surface area contributed by atoms with E-state index in [-0.39, 0.29) is 0 Å². The molecule has 1 aromatic carbocycles. The van der Waals surface area contributed by atoms with Gasteiger partial charge in [-0.2, -0.15) is 0 Å². The second-order valence-corrected chi connectivity index (χ2v) is 4.59. The predicted octanol–water partition coefficient (Wildman–Crippen LogP) is 3.94. The van der Waals surface area contributed by atoms with E-state index in [0.29, 0.717) is 18.0 Å². The third-order valence-electron chi connectivity index (χ3n) is 3.20. The highest BCUT2D eigenvalue weighted by Crippen LogP contribution is 2.16. The number of nitrogens with one attached hydrogen (secondary N) is 1. The van der Waals surface area contributed by atoms with Gasteiger partial charge >= 0.3 is 0 Å². The number of hydrogen-bond donors (Lipinski definition) is 1. The third-order valence-corrected chi connectivity index (χ3v) is 3.20. The van der Waals surface area contributed by atoms with E-state index in [0.717, 1.165) is 6.42 Å². The summed E-state index contributed by atoms with van der Waals surface area (Å²) in [5.74, 6) is 0.628. The monoisotopic (exact) mass is 217 g/mol. The highest BCUT2D eigenvalue weighted by Gasteiger charge is 2.13. The van der Waals surface area contributed by atoms with Crippen LogP contribution in [0.1, 0.15) is 38.8 Å². The molecule has 16 heavy (non-hydrogen) atoms. The minimum absolute atomic E-state index is 0.406. The van der Waals surface area contributed by atoms with E-state index < -0.39 is 0 Å². The average molecular weight is 217 g/mol. The van der Waals surface area contributed by atoms with Gasteiger partial charge in [-0.15, -0.1) is 6.58 Å². The molecule has 0 aromatic heterocycles. The summed E-state index contributed by atoms with van der Waals surface area (Å²) in [6, 6.07) is 11.5. The van der Waals surface area contributed by atoms with Crippen molar-refractivity contribution in [3.05, 3.63) is 48.6 Å². The van der Waals surface area contributed by atoms with Gasteiger partial charge in [-0.05, 0) is 31.7 Å². The van der Waals surface area contributed by atoms with Crippen molar-refractivity contribution >= 4 is 0 Å². The summed E-state index contributed by atoms with van der Waals surface area (Å²) in [5, 5.41) is 3.63. The molecule has 1 nitrogen and oxygen atoms in total. The Bertz CT molecular complexity index is 304. The van der Waals surface area contributed by atoms with E-state index in [9.17, 15) is 0 Å². The summed E-state index contributed by atoms with van der Waals surface area (Å²) in [6.07, 6.45) is 3.06. The summed E-state index contributed by atoms with van der Waals surface area (Å²) < 4.78 is 0. The first kappa shape index (κ1) is 13.0. The van der Waals surface area contributed by atoms with Gasteiger partial charge < -0.3 is 5.32 Å². The average Bonchev–Trinajstić information content (AvgIpc) is 2.30. The molecule has 0 spiro atoms. The van der Waals surface area contributed by atoms with Crippen molar-refractivity contribution in [2.24, 2.45) is 5.92 Å². The summed E-state index contributed by atoms with van der Waals surface area (Å²) >= 11 is 0. The van der Waals surface area contributed by atoms with Crippen molar-refractivity contribution in [3.8, 4) is 0 Å². The van der Waals surface area contributed by atoms with Crippen molar-refractivity contribution < 1.29 is 0 Å². The molecule has 0 radical (unpaired) electrons. The van der Waals surface area contributed by atoms with Crippen LogP contribution in [0.4, 0.5) is 0 Å². The molecule has 0 saturated carbocycles. The molecule has 0 heterocycles. The maximum atomic E-state index is 3.79. The molecule has 1 rings (SSSR count). The first-order chi connectivity index (χ1) is 7.65. The molecule has 88 valence electrons. The van der Waals surface area contributed by atoms with Crippen LogP contribution in [-0.4, -0.2) is 6.04 Å². The van der Waals surface area contributed by atoms with Crippen LogP contribution in [0, 0.1) is 5.92 Å². The van der Waals surface area contributed by atoms with E-state index in [1.807, 2.05) is 6.08 Å². The molecule has 0 saturated heterocycles. The Balaban J connectivity index is 2.51. The summed E-state index contributed by atoms with van der Waals surface area (Å²) in [4.78, 5) is 0. The van der Waals surface area contributed by atoms with Crippen LogP contribution in [0.15, 0.2) is 43.0 Å². The zero-order valence-corrected chi connectivity index (χ0v) is 10.6. The molecule has 1 heteroatoms. The number of allylic oxidation sites excluding steroid dienone is 1. The minimum Gasteiger partial charge on any atom is -0.307 e. The van der Waals surface area contributed by atoms with Crippen LogP contribution in [-0.2, 0) is 0 Å². The molecular formula is C15H23N. The van der Waals surface area contributed by atoms with Crippen molar-refractivity contribution in [2.45, 2.75) is 39.3 Å². The molecule has 2 unspecified atom stereocenters. The Morgan fingerprint density at radius 2 is 1.81 bits per heavy atom. The van der Waals surface area contributed by atoms with Crippen LogP contribution in [0.25, 0.3) is 0 Å². The first-order valence-electron chi connectivity index (χ1n) is 6.07. The van der Waals surface area contributed by atoms with Crippen LogP contribution >= 0.6 is 0 Å². The van der Waals surface area contributed by atoms with Crippen molar-refractivity contribution in [3.63, 3.8) is 0 Å². The van der Waals surface area contributed by atoms with Crippen molar-refractivity contribution in [1.82, 2.24) is 5.32 Å². The minimum atomic E-state index is 0.406. The maximum absolute atomic E-state index is 3.79. The highest BCUT2D eigenvalue weighted by molar-refractivity contribution is 5.18. The SMILES string of the molecule is C=CCC(C)C(C)N[C@H](C)c1ccccc1. The second-order valence-electron chi connectivity index (χ2n) is 4.59. The van der Waals surface area contributed by atoms with Gasteiger partial charge in [0.15, 0.2) is 0 Å². The summed E-state index contributed by atoms with van der Waals surface area (Å²) in [7, 11) is 0. The molecule has 0 aliphatic rings. The second kappa shape index (κ2) is 6.49. The fraction of sp³-hybridized carbons (Fsp3) is 0.467. The zero-order chi connectivity index (χ0) is 12.0. The Kier molecular flexibility index (Phi) is 5.27. The number of hydrogen-bond acceptors (Lipinski definition) is 1. The molecule has 0 aliphatic carbocycles. The highest BCUT2D eigenvalue weighted by atomic mass is 14.9. The molecular weight excluding hydrogens is 194 g/mol. The lowest BCUT2D eigenvalue weighted by Gasteiger charge is -2.24. The van der Waals surface area contributed by atoms with E-state index in [2.05, 4.69) is 63.0 Å². The lowest BCUT2D eigenvalue weighted by atomic mass is 9.98. The molecule has 0 amide bonds. The maximum Gasteiger partial charge on any atom is 0.0294 e. The van der Waals surface area contributed by atoms with E-state index >= 15 is 0 Å². The molecule has 1 aromatic rings. The van der Waals surface area contributed by atoms with Crippen molar-refractivity contribution in [1.29, 1.82) is 0 Å². The van der Waals surface area contributed by atoms with Gasteiger partial charge in [0, 0.05) is 12.1 Å². The Hall–Kier alpha value is -1.08. The van der Waals surface area contributed by atoms with Gasteiger partial charge in [0.25, 0.3) is 0 Å². The smallest absolute Gasteiger partial charge is 0.0294 e. The van der Waals surface area contributed by atoms with Gasteiger partial charge in [-0.3, -0.25) is 0 Å². The van der Waals surface area contributed by atoms with Gasteiger partial charge in [0.1, 0.15) is 0 Å². The van der Waals surface area contributed by atoms with Gasteiger partial charge in [-0.1, -0.05) is 43.3 Å². The first-order valence-corrected chi connectivity index (χ1v) is 6.07. The fourth-order valence-corrected chi connectivity index (χ4v) is 1.86. The fourth-order valence-electron chi connectivity index (χ4n) is 1.86. The zero-order valence-electron chi connectivity index (χ0n) is 10.6. The van der Waals surface area contributed by atoms with Crippen LogP contribution in [0.2, 0.25) is 0 Å². The number of rotatable bonds is 6. The van der Waals surface area contributed by atoms with E-state index in [1.165, 1.54) is 5.56 Å². The quantitative estimate of drug-likeness (QED) is 0.712. The molecule has 0 bridgehead atoms. The molecule has 1 N–H and O–H groups in total. The standard InChI is InChI=1S/C15H23N/c1-5-9-12(2)13(3)16-14(4)15-10-7-6-8-11-15/h5-8,10-14,16H,1,9H2,2-4H3/t12?,13?,14-/m1/s1. The molecule has 0 aliphatic heterocycles. The lowest BCUT2D eigenvalue weighted by molar-refractivity contribution is 0.370. The third kappa shape index (κ3) is 3.82. The van der Waals surface area contributed by atoms with E-state index in [1.54, 1.807) is 0 Å². The van der Waals surface area contributed by atoms with Gasteiger partial charge in [0.2, 0.25) is 0 Å². The molecule has 0 fully saturated rings. The van der Waals surface area contributed by atoms with Crippen molar-refractivity contribution in [2.75, 3.05) is 0 Å². The van der Waals surface area contributed by atoms with Gasteiger partial charge in [-0.25, -0.2) is 0 Å². The topological polar surface area (TPSA) is 12.0 Å². The summed E-state index contributed by atoms with van der Waals surface area (Å²) in [6.45, 7) is 10.5. The van der Waals surface area contributed by atoms with Crippen LogP contribution < -0.4 is 5.32 Å². The Morgan fingerprint density at radius 3 is 2.38 bits per heavy atom. The molecule has 3 atom stereocenters. The van der Waals surface area contributed by atoms with Crippen LogP contribution in [0.5, 0.6) is 0 Å². The summed E-state index contributed by atoms with van der Waals surface area (Å²) in [5.41, 5.74) is 1.35. The van der Waals surface area contributed by atoms with Crippen LogP contribution in [0.3, 0.4) is 0 Å². The number of benzene rings is 1. The Morgan fingerprint density at radius 1 is 1.19 bits per heavy atom. The van der Waals surface area contributed by atoms with E-state index in [4.69, 9.17) is 0 Å². The van der Waals surface area contributed by atoms with Gasteiger partial charge in [0.05, 0.1) is 0 Å². The predicted molar refractivity (Wildman–Crippen MR) is 71.4 cm³/mol.